The van der Waals surface area contributed by atoms with Crippen LogP contribution in [0.5, 0.6) is 5.88 Å². The van der Waals surface area contributed by atoms with Crippen molar-refractivity contribution in [1.82, 2.24) is 9.55 Å². The first kappa shape index (κ1) is 18.2. The van der Waals surface area contributed by atoms with Crippen LogP contribution in [0.3, 0.4) is 0 Å². The maximum absolute atomic E-state index is 12.4. The molecule has 1 unspecified atom stereocenters. The fraction of sp³-hybridized carbons (Fsp3) is 0.524. The van der Waals surface area contributed by atoms with E-state index in [2.05, 4.69) is 30.1 Å². The second kappa shape index (κ2) is 8.23. The molecule has 1 fully saturated rings. The number of hydrogen-bond acceptors (Lipinski definition) is 5. The lowest BCUT2D eigenvalue weighted by atomic mass is 9.95. The van der Waals surface area contributed by atoms with Crippen LogP contribution in [0.4, 0.5) is 0 Å². The Hall–Kier alpha value is -2.18. The van der Waals surface area contributed by atoms with Crippen molar-refractivity contribution in [3.63, 3.8) is 0 Å². The largest absolute Gasteiger partial charge is 0.477 e. The third-order valence-electron chi connectivity index (χ3n) is 5.25. The quantitative estimate of drug-likeness (QED) is 0.732. The molecule has 0 amide bonds. The van der Waals surface area contributed by atoms with Crippen LogP contribution in [-0.2, 0) is 28.9 Å². The van der Waals surface area contributed by atoms with E-state index in [9.17, 15) is 4.79 Å². The monoisotopic (exact) mass is 370 g/mol. The predicted molar refractivity (Wildman–Crippen MR) is 102 cm³/mol. The minimum atomic E-state index is -0.239. The van der Waals surface area contributed by atoms with Gasteiger partial charge >= 0.3 is 5.69 Å². The zero-order valence-electron chi connectivity index (χ0n) is 15.8. The van der Waals surface area contributed by atoms with Crippen LogP contribution < -0.4 is 10.4 Å². The van der Waals surface area contributed by atoms with Crippen molar-refractivity contribution in [2.45, 2.75) is 45.3 Å². The Morgan fingerprint density at radius 2 is 2.22 bits per heavy atom. The van der Waals surface area contributed by atoms with Crippen LogP contribution in [0.25, 0.3) is 11.3 Å². The molecule has 6 heteroatoms. The maximum atomic E-state index is 12.4. The van der Waals surface area contributed by atoms with Gasteiger partial charge in [-0.05, 0) is 36.8 Å². The van der Waals surface area contributed by atoms with Gasteiger partial charge in [0, 0.05) is 18.2 Å². The molecule has 0 radical (unpaired) electrons. The van der Waals surface area contributed by atoms with Crippen LogP contribution in [0.15, 0.2) is 29.1 Å². The van der Waals surface area contributed by atoms with E-state index < -0.39 is 0 Å². The normalized spacial score (nSPS) is 18.6. The Kier molecular flexibility index (Phi) is 5.55. The van der Waals surface area contributed by atoms with Crippen LogP contribution in [0.1, 0.15) is 30.9 Å². The zero-order valence-corrected chi connectivity index (χ0v) is 15.8. The fourth-order valence-corrected chi connectivity index (χ4v) is 3.74. The Bertz CT molecular complexity index is 856. The van der Waals surface area contributed by atoms with E-state index in [1.54, 1.807) is 4.57 Å². The SMILES string of the molecule is CCc1ccc2c(c1)CCn1c-2cc(OCCCC2COCCO2)nc1=O. The summed E-state index contributed by atoms with van der Waals surface area (Å²) in [6, 6.07) is 8.39. The van der Waals surface area contributed by atoms with E-state index in [1.807, 2.05) is 6.07 Å². The number of benzene rings is 1. The van der Waals surface area contributed by atoms with E-state index in [-0.39, 0.29) is 11.8 Å². The molecule has 0 aliphatic carbocycles. The summed E-state index contributed by atoms with van der Waals surface area (Å²) in [6.07, 6.45) is 3.74. The summed E-state index contributed by atoms with van der Waals surface area (Å²) < 4.78 is 18.6. The van der Waals surface area contributed by atoms with Crippen molar-refractivity contribution >= 4 is 0 Å². The van der Waals surface area contributed by atoms with E-state index in [0.717, 1.165) is 36.9 Å². The highest BCUT2D eigenvalue weighted by Gasteiger charge is 2.19. The highest BCUT2D eigenvalue weighted by Crippen LogP contribution is 2.30. The van der Waals surface area contributed by atoms with E-state index in [0.29, 0.717) is 38.9 Å². The topological polar surface area (TPSA) is 62.6 Å². The molecular weight excluding hydrogens is 344 g/mol. The van der Waals surface area contributed by atoms with Gasteiger partial charge < -0.3 is 14.2 Å². The molecule has 3 heterocycles. The van der Waals surface area contributed by atoms with Crippen molar-refractivity contribution in [2.75, 3.05) is 26.4 Å². The highest BCUT2D eigenvalue weighted by atomic mass is 16.6. The molecule has 0 spiro atoms. The van der Waals surface area contributed by atoms with Crippen LogP contribution in [0.2, 0.25) is 0 Å². The molecule has 144 valence electrons. The molecule has 0 bridgehead atoms. The van der Waals surface area contributed by atoms with Gasteiger partial charge in [-0.2, -0.15) is 4.98 Å². The molecular formula is C21H26N2O4. The Morgan fingerprint density at radius 1 is 1.30 bits per heavy atom. The molecule has 0 saturated carbocycles. The molecule has 2 aromatic rings. The molecule has 27 heavy (non-hydrogen) atoms. The standard InChI is InChI=1S/C21H26N2O4/c1-2-15-5-6-18-16(12-15)7-8-23-19(18)13-20(22-21(23)24)27-9-3-4-17-14-25-10-11-26-17/h5-6,12-13,17H,2-4,7-11,14H2,1H3. The lowest BCUT2D eigenvalue weighted by molar-refractivity contribution is -0.0917. The summed E-state index contributed by atoms with van der Waals surface area (Å²) in [6.45, 7) is 5.32. The van der Waals surface area contributed by atoms with Crippen LogP contribution in [-0.4, -0.2) is 42.1 Å². The summed E-state index contributed by atoms with van der Waals surface area (Å²) >= 11 is 0. The summed E-state index contributed by atoms with van der Waals surface area (Å²) in [5.41, 5.74) is 4.38. The van der Waals surface area contributed by atoms with E-state index in [4.69, 9.17) is 14.2 Å². The second-order valence-corrected chi connectivity index (χ2v) is 7.07. The van der Waals surface area contributed by atoms with Gasteiger partial charge in [0.15, 0.2) is 0 Å². The van der Waals surface area contributed by atoms with Crippen LogP contribution in [0, 0.1) is 0 Å². The summed E-state index contributed by atoms with van der Waals surface area (Å²) in [7, 11) is 0. The minimum Gasteiger partial charge on any atom is -0.477 e. The summed E-state index contributed by atoms with van der Waals surface area (Å²) in [5, 5.41) is 0. The first-order chi connectivity index (χ1) is 13.2. The van der Waals surface area contributed by atoms with Crippen LogP contribution >= 0.6 is 0 Å². The molecule has 0 N–H and O–H groups in total. The average Bonchev–Trinajstić information content (AvgIpc) is 2.71. The van der Waals surface area contributed by atoms with Gasteiger partial charge in [0.1, 0.15) is 0 Å². The Labute approximate surface area is 159 Å². The Balaban J connectivity index is 1.46. The van der Waals surface area contributed by atoms with Gasteiger partial charge in [-0.1, -0.05) is 25.1 Å². The van der Waals surface area contributed by atoms with Gasteiger partial charge in [-0.15, -0.1) is 0 Å². The number of aryl methyl sites for hydroxylation is 2. The number of hydrogen-bond donors (Lipinski definition) is 0. The zero-order chi connectivity index (χ0) is 18.6. The second-order valence-electron chi connectivity index (χ2n) is 7.07. The van der Waals surface area contributed by atoms with Gasteiger partial charge in [0.25, 0.3) is 0 Å². The molecule has 1 aromatic heterocycles. The first-order valence-corrected chi connectivity index (χ1v) is 9.81. The summed E-state index contributed by atoms with van der Waals surface area (Å²) in [5.74, 6) is 0.402. The molecule has 4 rings (SSSR count). The van der Waals surface area contributed by atoms with E-state index >= 15 is 0 Å². The number of ether oxygens (including phenoxy) is 3. The third kappa shape index (κ3) is 4.06. The molecule has 6 nitrogen and oxygen atoms in total. The smallest absolute Gasteiger partial charge is 0.351 e. The van der Waals surface area contributed by atoms with Gasteiger partial charge in [-0.25, -0.2) is 4.79 Å². The van der Waals surface area contributed by atoms with Crippen molar-refractivity contribution in [3.05, 3.63) is 45.9 Å². The van der Waals surface area contributed by atoms with E-state index in [1.165, 1.54) is 11.1 Å². The Morgan fingerprint density at radius 3 is 3.04 bits per heavy atom. The van der Waals surface area contributed by atoms with Crippen molar-refractivity contribution in [1.29, 1.82) is 0 Å². The predicted octanol–water partition coefficient (Wildman–Crippen LogP) is 2.60. The van der Waals surface area contributed by atoms with Gasteiger partial charge in [0.2, 0.25) is 5.88 Å². The van der Waals surface area contributed by atoms with Crippen molar-refractivity contribution in [3.8, 4) is 17.1 Å². The first-order valence-electron chi connectivity index (χ1n) is 9.81. The summed E-state index contributed by atoms with van der Waals surface area (Å²) in [4.78, 5) is 16.5. The van der Waals surface area contributed by atoms with Gasteiger partial charge in [0.05, 0.1) is 38.2 Å². The maximum Gasteiger partial charge on any atom is 0.351 e. The number of aromatic nitrogens is 2. The number of fused-ring (bicyclic) bond motifs is 3. The molecule has 2 aliphatic rings. The highest BCUT2D eigenvalue weighted by molar-refractivity contribution is 5.67. The van der Waals surface area contributed by atoms with Crippen molar-refractivity contribution < 1.29 is 14.2 Å². The fourth-order valence-electron chi connectivity index (χ4n) is 3.74. The molecule has 2 aliphatic heterocycles. The molecule has 1 aromatic carbocycles. The minimum absolute atomic E-state index is 0.143. The average molecular weight is 370 g/mol. The lowest BCUT2D eigenvalue weighted by Crippen LogP contribution is -2.29. The lowest BCUT2D eigenvalue weighted by Gasteiger charge is -2.23. The number of rotatable bonds is 6. The molecule has 1 saturated heterocycles. The molecule has 1 atom stereocenters. The van der Waals surface area contributed by atoms with Gasteiger partial charge in [-0.3, -0.25) is 4.57 Å². The number of nitrogens with zero attached hydrogens (tertiary/aromatic N) is 2. The van der Waals surface area contributed by atoms with Crippen molar-refractivity contribution in [2.24, 2.45) is 0 Å². The third-order valence-corrected chi connectivity index (χ3v) is 5.25.